The average Bonchev–Trinajstić information content (AvgIpc) is 3.14. The van der Waals surface area contributed by atoms with E-state index in [4.69, 9.17) is 13.8 Å². The highest BCUT2D eigenvalue weighted by Crippen LogP contribution is 2.43. The van der Waals surface area contributed by atoms with Crippen LogP contribution < -0.4 is 5.32 Å². The van der Waals surface area contributed by atoms with Gasteiger partial charge in [-0.25, -0.2) is 9.36 Å². The summed E-state index contributed by atoms with van der Waals surface area (Å²) in [6.45, 7) is 2.53. The van der Waals surface area contributed by atoms with Gasteiger partial charge in [-0.1, -0.05) is 153 Å². The number of hydrogen-bond donors (Lipinski definition) is 4. The van der Waals surface area contributed by atoms with Gasteiger partial charge in [-0.3, -0.25) is 18.6 Å². The standard InChI is InChI=1S/C42H76NO10P/c1-3-5-7-9-11-13-15-16-17-18-19-20-21-22-24-26-28-30-32-34-41(46)51-35-38(44)36-52-54(49,50)53-37-39(42(47)48)43-40(45)33-31-29-27-25-23-14-12-10-8-6-4-2/h11,13,16-17,19-20,38-39,44H,3-10,12,14-15,18,21-37H2,1-2H3,(H,43,45)(H,47,48)(H,49,50)/b13-11-,17-16-,20-19-. The monoisotopic (exact) mass is 786 g/mol. The third-order valence-corrected chi connectivity index (χ3v) is 9.88. The van der Waals surface area contributed by atoms with Crippen LogP contribution in [0.4, 0.5) is 0 Å². The molecule has 0 saturated carbocycles. The highest BCUT2D eigenvalue weighted by Gasteiger charge is 2.28. The van der Waals surface area contributed by atoms with Gasteiger partial charge in [-0.05, 0) is 51.4 Å². The molecule has 314 valence electrons. The Hall–Kier alpha value is -2.30. The van der Waals surface area contributed by atoms with Crippen molar-refractivity contribution in [2.45, 2.75) is 193 Å². The maximum absolute atomic E-state index is 12.2. The number of hydrogen-bond acceptors (Lipinski definition) is 8. The first-order valence-electron chi connectivity index (χ1n) is 21.0. The number of carbonyl (C=O) groups is 3. The summed E-state index contributed by atoms with van der Waals surface area (Å²) in [5, 5.41) is 21.8. The van der Waals surface area contributed by atoms with Crippen LogP contribution in [0.3, 0.4) is 0 Å². The Labute approximate surface area is 327 Å². The van der Waals surface area contributed by atoms with E-state index in [9.17, 15) is 34.1 Å². The number of phosphoric acid groups is 1. The summed E-state index contributed by atoms with van der Waals surface area (Å²) in [5.74, 6) is -2.39. The van der Waals surface area contributed by atoms with Crippen LogP contribution in [-0.4, -0.2) is 64.9 Å². The molecule has 0 aromatic carbocycles. The molecule has 11 nitrogen and oxygen atoms in total. The number of rotatable bonds is 39. The molecule has 0 aliphatic carbocycles. The maximum atomic E-state index is 12.2. The first-order chi connectivity index (χ1) is 26.1. The number of carboxylic acid groups (broad SMARTS) is 1. The number of aliphatic hydroxyl groups is 1. The Morgan fingerprint density at radius 3 is 1.56 bits per heavy atom. The zero-order valence-corrected chi connectivity index (χ0v) is 34.7. The zero-order valence-electron chi connectivity index (χ0n) is 33.8. The number of ether oxygens (including phenoxy) is 1. The summed E-state index contributed by atoms with van der Waals surface area (Å²) >= 11 is 0. The van der Waals surface area contributed by atoms with Gasteiger partial charge in [0.15, 0.2) is 6.04 Å². The lowest BCUT2D eigenvalue weighted by Crippen LogP contribution is -2.43. The topological polar surface area (TPSA) is 169 Å². The van der Waals surface area contributed by atoms with Crippen LogP contribution in [0.2, 0.25) is 0 Å². The summed E-state index contributed by atoms with van der Waals surface area (Å²) < 4.78 is 26.8. The van der Waals surface area contributed by atoms with Crippen LogP contribution in [-0.2, 0) is 32.7 Å². The second-order valence-corrected chi connectivity index (χ2v) is 15.6. The molecule has 0 aromatic heterocycles. The van der Waals surface area contributed by atoms with E-state index in [-0.39, 0.29) is 12.8 Å². The van der Waals surface area contributed by atoms with Gasteiger partial charge in [0.1, 0.15) is 12.7 Å². The molecule has 12 heteroatoms. The molecular weight excluding hydrogens is 709 g/mol. The molecule has 4 N–H and O–H groups in total. The molecule has 0 fully saturated rings. The van der Waals surface area contributed by atoms with Crippen molar-refractivity contribution < 1.29 is 47.8 Å². The van der Waals surface area contributed by atoms with E-state index in [2.05, 4.69) is 55.6 Å². The Bertz CT molecular complexity index is 1060. The van der Waals surface area contributed by atoms with Crippen molar-refractivity contribution in [3.05, 3.63) is 36.5 Å². The minimum absolute atomic E-state index is 0.147. The highest BCUT2D eigenvalue weighted by atomic mass is 31.2. The lowest BCUT2D eigenvalue weighted by molar-refractivity contribution is -0.147. The summed E-state index contributed by atoms with van der Waals surface area (Å²) in [6.07, 6.45) is 38.8. The van der Waals surface area contributed by atoms with Gasteiger partial charge >= 0.3 is 19.8 Å². The second-order valence-electron chi connectivity index (χ2n) is 14.2. The van der Waals surface area contributed by atoms with E-state index in [1.807, 2.05) is 0 Å². The molecule has 0 rings (SSSR count). The molecule has 3 atom stereocenters. The molecule has 0 radical (unpaired) electrons. The molecule has 0 saturated heterocycles. The summed E-state index contributed by atoms with van der Waals surface area (Å²) in [7, 11) is -4.75. The van der Waals surface area contributed by atoms with Gasteiger partial charge in [0.05, 0.1) is 13.2 Å². The van der Waals surface area contributed by atoms with Crippen molar-refractivity contribution in [1.29, 1.82) is 0 Å². The van der Waals surface area contributed by atoms with E-state index >= 15 is 0 Å². The Morgan fingerprint density at radius 1 is 0.593 bits per heavy atom. The molecule has 0 spiro atoms. The van der Waals surface area contributed by atoms with Gasteiger partial charge in [-0.15, -0.1) is 0 Å². The van der Waals surface area contributed by atoms with Crippen LogP contribution in [0.25, 0.3) is 0 Å². The SMILES string of the molecule is CCCCC/C=C\C/C=C\C/C=C\CCCCCCCCC(=O)OCC(O)COP(=O)(O)OCC(NC(=O)CCCCCCCCCCCCC)C(=O)O. The van der Waals surface area contributed by atoms with Crippen molar-refractivity contribution in [1.82, 2.24) is 5.32 Å². The second kappa shape index (κ2) is 37.6. The zero-order chi connectivity index (χ0) is 40.0. The van der Waals surface area contributed by atoms with E-state index in [0.29, 0.717) is 12.8 Å². The number of carboxylic acids is 1. The number of phosphoric ester groups is 1. The van der Waals surface area contributed by atoms with Crippen LogP contribution in [0.1, 0.15) is 181 Å². The smallest absolute Gasteiger partial charge is 0.472 e. The van der Waals surface area contributed by atoms with E-state index in [1.165, 1.54) is 70.6 Å². The molecular formula is C42H76NO10P. The largest absolute Gasteiger partial charge is 0.480 e. The number of aliphatic carboxylic acids is 1. The molecule has 1 amide bonds. The molecule has 0 aromatic rings. The molecule has 0 heterocycles. The number of amides is 1. The predicted octanol–water partition coefficient (Wildman–Crippen LogP) is 10.4. The van der Waals surface area contributed by atoms with Crippen molar-refractivity contribution in [2.24, 2.45) is 0 Å². The van der Waals surface area contributed by atoms with E-state index in [1.54, 1.807) is 0 Å². The summed E-state index contributed by atoms with van der Waals surface area (Å²) in [5.41, 5.74) is 0. The van der Waals surface area contributed by atoms with Crippen molar-refractivity contribution in [3.8, 4) is 0 Å². The summed E-state index contributed by atoms with van der Waals surface area (Å²) in [6, 6.07) is -1.54. The molecule has 54 heavy (non-hydrogen) atoms. The number of nitrogens with one attached hydrogen (secondary N) is 1. The number of esters is 1. The third kappa shape index (κ3) is 36.7. The number of allylic oxidation sites excluding steroid dienone is 6. The van der Waals surface area contributed by atoms with Crippen molar-refractivity contribution >= 4 is 25.7 Å². The van der Waals surface area contributed by atoms with E-state index in [0.717, 1.165) is 70.6 Å². The van der Waals surface area contributed by atoms with E-state index < -0.39 is 57.6 Å². The number of aliphatic hydroxyl groups excluding tert-OH is 1. The quantitative estimate of drug-likeness (QED) is 0.0204. The molecule has 3 unspecified atom stereocenters. The number of unbranched alkanes of at least 4 members (excludes halogenated alkanes) is 19. The fourth-order valence-electron chi connectivity index (χ4n) is 5.62. The van der Waals surface area contributed by atoms with Crippen LogP contribution in [0.15, 0.2) is 36.5 Å². The molecule has 0 aliphatic heterocycles. The first-order valence-corrected chi connectivity index (χ1v) is 22.5. The van der Waals surface area contributed by atoms with Gasteiger partial charge in [-0.2, -0.15) is 0 Å². The van der Waals surface area contributed by atoms with Crippen LogP contribution in [0, 0.1) is 0 Å². The average molecular weight is 786 g/mol. The Balaban J connectivity index is 3.91. The minimum Gasteiger partial charge on any atom is -0.480 e. The number of carbonyl (C=O) groups excluding carboxylic acids is 2. The third-order valence-electron chi connectivity index (χ3n) is 8.93. The van der Waals surface area contributed by atoms with Gasteiger partial charge < -0.3 is 25.2 Å². The molecule has 0 bridgehead atoms. The van der Waals surface area contributed by atoms with Crippen LogP contribution >= 0.6 is 7.82 Å². The highest BCUT2D eigenvalue weighted by molar-refractivity contribution is 7.47. The Morgan fingerprint density at radius 2 is 1.02 bits per heavy atom. The van der Waals surface area contributed by atoms with Crippen LogP contribution in [0.5, 0.6) is 0 Å². The van der Waals surface area contributed by atoms with Crippen molar-refractivity contribution in [2.75, 3.05) is 19.8 Å². The van der Waals surface area contributed by atoms with Gasteiger partial charge in [0, 0.05) is 12.8 Å². The maximum Gasteiger partial charge on any atom is 0.472 e. The fraction of sp³-hybridized carbons (Fsp3) is 0.786. The van der Waals surface area contributed by atoms with Gasteiger partial charge in [0.2, 0.25) is 5.91 Å². The molecule has 0 aliphatic rings. The summed E-state index contributed by atoms with van der Waals surface area (Å²) in [4.78, 5) is 45.8. The van der Waals surface area contributed by atoms with Crippen molar-refractivity contribution in [3.63, 3.8) is 0 Å². The predicted molar refractivity (Wildman–Crippen MR) is 217 cm³/mol. The fourth-order valence-corrected chi connectivity index (χ4v) is 6.39. The first kappa shape index (κ1) is 51.7. The van der Waals surface area contributed by atoms with Gasteiger partial charge in [0.25, 0.3) is 0 Å². The lowest BCUT2D eigenvalue weighted by atomic mass is 10.1. The Kier molecular flexibility index (Phi) is 36.0. The lowest BCUT2D eigenvalue weighted by Gasteiger charge is -2.18. The minimum atomic E-state index is -4.75. The normalized spacial score (nSPS) is 14.1.